The lowest BCUT2D eigenvalue weighted by Gasteiger charge is -2.42. The number of carbonyl (C=O) groups is 2. The zero-order chi connectivity index (χ0) is 27.5. The van der Waals surface area contributed by atoms with Crippen molar-refractivity contribution in [3.8, 4) is 0 Å². The van der Waals surface area contributed by atoms with Crippen LogP contribution in [0.25, 0.3) is 12.2 Å². The molecule has 1 aromatic heterocycles. The van der Waals surface area contributed by atoms with Gasteiger partial charge in [-0.15, -0.1) is 0 Å². The third kappa shape index (κ3) is 7.64. The van der Waals surface area contributed by atoms with Gasteiger partial charge in [-0.2, -0.15) is 0 Å². The van der Waals surface area contributed by atoms with Crippen molar-refractivity contribution in [2.45, 2.75) is 70.4 Å². The Morgan fingerprint density at radius 3 is 2.46 bits per heavy atom. The third-order valence-electron chi connectivity index (χ3n) is 7.32. The molecule has 0 saturated heterocycles. The van der Waals surface area contributed by atoms with Gasteiger partial charge in [0.15, 0.2) is 0 Å². The van der Waals surface area contributed by atoms with E-state index in [1.54, 1.807) is 0 Å². The minimum Gasteiger partial charge on any atom is -0.479 e. The Kier molecular flexibility index (Phi) is 10.0. The molecule has 1 aliphatic rings. The summed E-state index contributed by atoms with van der Waals surface area (Å²) in [6.45, 7) is 2.61. The molecule has 0 radical (unpaired) electrons. The molecule has 6 nitrogen and oxygen atoms in total. The van der Waals surface area contributed by atoms with E-state index in [1.165, 1.54) is 17.4 Å². The Labute approximate surface area is 231 Å². The van der Waals surface area contributed by atoms with Crippen LogP contribution in [0.15, 0.2) is 72.8 Å². The van der Waals surface area contributed by atoms with Gasteiger partial charge in [0.1, 0.15) is 5.54 Å². The Bertz CT molecular complexity index is 1270. The fourth-order valence-corrected chi connectivity index (χ4v) is 5.38. The van der Waals surface area contributed by atoms with Crippen LogP contribution in [0.1, 0.15) is 74.4 Å². The normalized spacial score (nSPS) is 14.8. The zero-order valence-electron chi connectivity index (χ0n) is 22.7. The maximum Gasteiger partial charge on any atom is 0.330 e. The quantitative estimate of drug-likeness (QED) is 0.259. The first-order valence-corrected chi connectivity index (χ1v) is 13.9. The summed E-state index contributed by atoms with van der Waals surface area (Å²) in [6, 6.07) is 23.8. The fraction of sp³-hybridized carbons (Fsp3) is 0.364. The topological polar surface area (TPSA) is 79.7 Å². The summed E-state index contributed by atoms with van der Waals surface area (Å²) in [6.07, 6.45) is 10.5. The molecule has 0 bridgehead atoms. The molecular weight excluding hydrogens is 488 g/mol. The second-order valence-corrected chi connectivity index (χ2v) is 10.2. The minimum atomic E-state index is -1.19. The first-order chi connectivity index (χ1) is 19.0. The molecule has 3 aromatic rings. The number of ether oxygens (including phenoxy) is 1. The molecule has 2 aromatic carbocycles. The number of unbranched alkanes of at least 4 members (excludes halogenated alkanes) is 1. The standard InChI is InChI=1S/C33H38N2O4/c1-26(36)35(33(32(37)38)21-7-3-8-22-33)31-18-10-15-28(24-31)19-20-29-16-11-17-30(34-29)25-39-23-9-6-14-27-12-4-2-5-13-27/h2,4-5,10-13,15-20,24H,3,6-9,14,21-23,25H2,1H3,(H,37,38). The minimum absolute atomic E-state index is 0.255. The third-order valence-corrected chi connectivity index (χ3v) is 7.32. The molecule has 1 N–H and O–H groups in total. The van der Waals surface area contributed by atoms with E-state index in [9.17, 15) is 14.7 Å². The molecular formula is C33H38N2O4. The van der Waals surface area contributed by atoms with Crippen LogP contribution in [0.2, 0.25) is 0 Å². The molecule has 1 heterocycles. The summed E-state index contributed by atoms with van der Waals surface area (Å²) in [5.74, 6) is -1.19. The lowest BCUT2D eigenvalue weighted by Crippen LogP contribution is -2.58. The van der Waals surface area contributed by atoms with E-state index in [1.807, 2.05) is 60.7 Å². The Hall–Kier alpha value is -3.77. The summed E-state index contributed by atoms with van der Waals surface area (Å²) >= 11 is 0. The van der Waals surface area contributed by atoms with Crippen molar-refractivity contribution in [3.05, 3.63) is 95.3 Å². The number of nitrogens with zero attached hydrogens (tertiary/aromatic N) is 2. The molecule has 0 unspecified atom stereocenters. The summed E-state index contributed by atoms with van der Waals surface area (Å²) in [5, 5.41) is 10.1. The molecule has 39 heavy (non-hydrogen) atoms. The first kappa shape index (κ1) is 28.2. The number of aliphatic carboxylic acids is 1. The van der Waals surface area contributed by atoms with Crippen molar-refractivity contribution < 1.29 is 19.4 Å². The Morgan fingerprint density at radius 2 is 1.72 bits per heavy atom. The second kappa shape index (κ2) is 13.9. The van der Waals surface area contributed by atoms with Crippen LogP contribution in [-0.4, -0.2) is 34.1 Å². The number of pyridine rings is 1. The van der Waals surface area contributed by atoms with E-state index in [0.717, 1.165) is 55.5 Å². The number of hydrogen-bond acceptors (Lipinski definition) is 4. The number of hydrogen-bond donors (Lipinski definition) is 1. The van der Waals surface area contributed by atoms with E-state index in [4.69, 9.17) is 9.72 Å². The predicted octanol–water partition coefficient (Wildman–Crippen LogP) is 6.93. The summed E-state index contributed by atoms with van der Waals surface area (Å²) < 4.78 is 5.85. The van der Waals surface area contributed by atoms with E-state index >= 15 is 0 Å². The number of carboxylic acid groups (broad SMARTS) is 1. The van der Waals surface area contributed by atoms with Gasteiger partial charge in [0, 0.05) is 19.2 Å². The molecule has 1 aliphatic carbocycles. The van der Waals surface area contributed by atoms with Gasteiger partial charge in [-0.05, 0) is 73.6 Å². The predicted molar refractivity (Wildman–Crippen MR) is 155 cm³/mol. The number of rotatable bonds is 12. The number of aryl methyl sites for hydroxylation is 1. The highest BCUT2D eigenvalue weighted by atomic mass is 16.5. The number of carboxylic acids is 1. The number of anilines is 1. The van der Waals surface area contributed by atoms with Gasteiger partial charge in [-0.3, -0.25) is 14.7 Å². The lowest BCUT2D eigenvalue weighted by molar-refractivity contribution is -0.146. The lowest BCUT2D eigenvalue weighted by atomic mass is 9.79. The van der Waals surface area contributed by atoms with Crippen LogP contribution in [0, 0.1) is 0 Å². The van der Waals surface area contributed by atoms with Crippen LogP contribution in [0.4, 0.5) is 5.69 Å². The fourth-order valence-electron chi connectivity index (χ4n) is 5.38. The molecule has 0 atom stereocenters. The highest BCUT2D eigenvalue weighted by Gasteiger charge is 2.47. The molecule has 204 valence electrons. The van der Waals surface area contributed by atoms with Crippen LogP contribution >= 0.6 is 0 Å². The maximum absolute atomic E-state index is 12.7. The van der Waals surface area contributed by atoms with Gasteiger partial charge in [0.2, 0.25) is 5.91 Å². The highest BCUT2D eigenvalue weighted by molar-refractivity contribution is 6.00. The smallest absolute Gasteiger partial charge is 0.330 e. The van der Waals surface area contributed by atoms with Crippen molar-refractivity contribution >= 4 is 29.7 Å². The Morgan fingerprint density at radius 1 is 0.949 bits per heavy atom. The molecule has 1 saturated carbocycles. The van der Waals surface area contributed by atoms with Gasteiger partial charge in [0.05, 0.1) is 18.0 Å². The summed E-state index contributed by atoms with van der Waals surface area (Å²) in [5.41, 5.74) is 3.33. The Balaban J connectivity index is 1.36. The van der Waals surface area contributed by atoms with E-state index < -0.39 is 11.5 Å². The van der Waals surface area contributed by atoms with Gasteiger partial charge in [-0.25, -0.2) is 4.79 Å². The van der Waals surface area contributed by atoms with E-state index in [0.29, 0.717) is 31.7 Å². The molecule has 0 aliphatic heterocycles. The number of carbonyl (C=O) groups excluding carboxylic acids is 1. The van der Waals surface area contributed by atoms with Crippen molar-refractivity contribution in [2.75, 3.05) is 11.5 Å². The van der Waals surface area contributed by atoms with E-state index in [2.05, 4.69) is 24.3 Å². The zero-order valence-corrected chi connectivity index (χ0v) is 22.7. The van der Waals surface area contributed by atoms with Crippen molar-refractivity contribution in [2.24, 2.45) is 0 Å². The van der Waals surface area contributed by atoms with Gasteiger partial charge in [0.25, 0.3) is 0 Å². The molecule has 4 rings (SSSR count). The second-order valence-electron chi connectivity index (χ2n) is 10.2. The van der Waals surface area contributed by atoms with Gasteiger partial charge < -0.3 is 9.84 Å². The SMILES string of the molecule is CC(=O)N(c1cccc(C=Cc2cccc(COCCCCc3ccccc3)n2)c1)C1(C(=O)O)CCCCC1. The maximum atomic E-state index is 12.7. The van der Waals surface area contributed by atoms with Gasteiger partial charge in [-0.1, -0.05) is 73.9 Å². The van der Waals surface area contributed by atoms with Crippen LogP contribution < -0.4 is 4.90 Å². The van der Waals surface area contributed by atoms with Crippen LogP contribution in [0.3, 0.4) is 0 Å². The van der Waals surface area contributed by atoms with Gasteiger partial charge >= 0.3 is 5.97 Å². The average Bonchev–Trinajstić information content (AvgIpc) is 2.95. The molecule has 1 fully saturated rings. The summed E-state index contributed by atoms with van der Waals surface area (Å²) in [4.78, 5) is 31.3. The molecule has 6 heteroatoms. The number of benzene rings is 2. The molecule has 0 spiro atoms. The largest absolute Gasteiger partial charge is 0.479 e. The van der Waals surface area contributed by atoms with Crippen molar-refractivity contribution in [1.82, 2.24) is 4.98 Å². The highest BCUT2D eigenvalue weighted by Crippen LogP contribution is 2.38. The monoisotopic (exact) mass is 526 g/mol. The van der Waals surface area contributed by atoms with E-state index in [-0.39, 0.29) is 5.91 Å². The summed E-state index contributed by atoms with van der Waals surface area (Å²) in [7, 11) is 0. The average molecular weight is 527 g/mol. The van der Waals surface area contributed by atoms with Crippen molar-refractivity contribution in [1.29, 1.82) is 0 Å². The number of amides is 1. The molecule has 1 amide bonds. The van der Waals surface area contributed by atoms with Crippen LogP contribution in [0.5, 0.6) is 0 Å². The van der Waals surface area contributed by atoms with Crippen LogP contribution in [-0.2, 0) is 27.4 Å². The van der Waals surface area contributed by atoms with Crippen molar-refractivity contribution in [3.63, 3.8) is 0 Å². The number of aromatic nitrogens is 1. The first-order valence-electron chi connectivity index (χ1n) is 13.9.